The molecule has 2 atom stereocenters. The second-order valence-electron chi connectivity index (χ2n) is 8.56. The lowest BCUT2D eigenvalue weighted by Crippen LogP contribution is -2.42. The van der Waals surface area contributed by atoms with Gasteiger partial charge in [0.05, 0.1) is 17.9 Å². The van der Waals surface area contributed by atoms with E-state index in [2.05, 4.69) is 37.6 Å². The molecular weight excluding hydrogens is 423 g/mol. The van der Waals surface area contributed by atoms with Crippen LogP contribution in [0.1, 0.15) is 69.6 Å². The third-order valence-electron chi connectivity index (χ3n) is 6.52. The average Bonchev–Trinajstić information content (AvgIpc) is 3.52. The number of nitrogens with one attached hydrogen (secondary N) is 2. The predicted molar refractivity (Wildman–Crippen MR) is 123 cm³/mol. The van der Waals surface area contributed by atoms with E-state index in [-0.39, 0.29) is 11.7 Å². The van der Waals surface area contributed by atoms with Crippen LogP contribution < -0.4 is 15.5 Å². The molecule has 1 aliphatic carbocycles. The highest BCUT2D eigenvalue weighted by atomic mass is 19.1. The Morgan fingerprint density at radius 2 is 2.06 bits per heavy atom. The lowest BCUT2D eigenvalue weighted by atomic mass is 10.0. The summed E-state index contributed by atoms with van der Waals surface area (Å²) in [5, 5.41) is 24.5. The zero-order valence-corrected chi connectivity index (χ0v) is 18.9. The summed E-state index contributed by atoms with van der Waals surface area (Å²) in [6.07, 6.45) is 8.04. The zero-order valence-electron chi connectivity index (χ0n) is 18.9. The highest BCUT2D eigenvalue weighted by molar-refractivity contribution is 5.65. The van der Waals surface area contributed by atoms with E-state index in [1.54, 1.807) is 24.7 Å². The van der Waals surface area contributed by atoms with Gasteiger partial charge in [-0.25, -0.2) is 9.37 Å². The molecule has 174 valence electrons. The Labute approximate surface area is 192 Å². The Kier molecular flexibility index (Phi) is 5.94. The number of anilines is 3. The molecule has 2 aliphatic rings. The van der Waals surface area contributed by atoms with Crippen LogP contribution in [0.4, 0.5) is 21.8 Å². The second kappa shape index (κ2) is 9.03. The molecule has 0 bridgehead atoms. The van der Waals surface area contributed by atoms with Crippen LogP contribution in [-0.4, -0.2) is 42.4 Å². The summed E-state index contributed by atoms with van der Waals surface area (Å²) < 4.78 is 16.7. The highest BCUT2D eigenvalue weighted by Gasteiger charge is 2.38. The van der Waals surface area contributed by atoms with Crippen molar-refractivity contribution >= 4 is 17.5 Å². The number of nitrogens with zero attached hydrogens (tertiary/aromatic N) is 6. The molecule has 0 radical (unpaired) electrons. The minimum absolute atomic E-state index is 0.0782. The fraction of sp³-hybridized carbons (Fsp3) is 0.478. The Balaban J connectivity index is 1.49. The summed E-state index contributed by atoms with van der Waals surface area (Å²) >= 11 is 0. The van der Waals surface area contributed by atoms with Crippen LogP contribution in [-0.2, 0) is 0 Å². The van der Waals surface area contributed by atoms with Crippen LogP contribution >= 0.6 is 0 Å². The van der Waals surface area contributed by atoms with Gasteiger partial charge in [-0.1, -0.05) is 32.8 Å². The molecule has 3 N–H and O–H groups in total. The second-order valence-corrected chi connectivity index (χ2v) is 8.56. The fourth-order valence-corrected chi connectivity index (χ4v) is 4.94. The van der Waals surface area contributed by atoms with Crippen LogP contribution in [0, 0.1) is 5.82 Å². The van der Waals surface area contributed by atoms with Crippen molar-refractivity contribution in [2.45, 2.75) is 64.3 Å². The van der Waals surface area contributed by atoms with Gasteiger partial charge in [-0.05, 0) is 43.5 Å². The molecule has 0 spiro atoms. The third kappa shape index (κ3) is 3.93. The van der Waals surface area contributed by atoms with Gasteiger partial charge in [0.25, 0.3) is 0 Å². The molecule has 1 fully saturated rings. The summed E-state index contributed by atoms with van der Waals surface area (Å²) in [7, 11) is 0. The first kappa shape index (κ1) is 21.7. The smallest absolute Gasteiger partial charge is 0.229 e. The number of aliphatic hydroxyl groups excluding tert-OH is 1. The minimum atomic E-state index is -0.914. The van der Waals surface area contributed by atoms with Crippen molar-refractivity contribution in [1.29, 1.82) is 0 Å². The SMILES string of the molecule is CCNC(O)c1ccc(Nc2ncc3c(n2)N(C2CCCC2)[C@H](CC)c2nncn2-3)c(F)c1. The van der Waals surface area contributed by atoms with E-state index in [9.17, 15) is 9.50 Å². The molecule has 1 unspecified atom stereocenters. The van der Waals surface area contributed by atoms with Gasteiger partial charge in [0, 0.05) is 6.04 Å². The van der Waals surface area contributed by atoms with E-state index in [0.717, 1.165) is 36.6 Å². The normalized spacial score (nSPS) is 18.8. The summed E-state index contributed by atoms with van der Waals surface area (Å²) in [6, 6.07) is 5.05. The standard InChI is InChI=1S/C23H29FN8O/c1-3-18-21-30-27-13-31(21)19-12-26-23(29-20(19)32(18)15-7-5-6-8-15)28-17-10-9-14(11-16(17)24)22(33)25-4-2/h9-13,15,18,22,25,33H,3-8H2,1-2H3,(H,26,28,29)/t18-,22?/m1/s1. The van der Waals surface area contributed by atoms with Crippen LogP contribution in [0.5, 0.6) is 0 Å². The van der Waals surface area contributed by atoms with Gasteiger partial charge in [-0.2, -0.15) is 4.98 Å². The first-order valence-electron chi connectivity index (χ1n) is 11.6. The van der Waals surface area contributed by atoms with Crippen LogP contribution in [0.25, 0.3) is 5.69 Å². The molecule has 0 saturated heterocycles. The Morgan fingerprint density at radius 3 is 2.79 bits per heavy atom. The summed E-state index contributed by atoms with van der Waals surface area (Å²) in [5.74, 6) is 1.56. The molecule has 3 aromatic rings. The lowest BCUT2D eigenvalue weighted by molar-refractivity contribution is 0.141. The fourth-order valence-electron chi connectivity index (χ4n) is 4.94. The first-order valence-corrected chi connectivity index (χ1v) is 11.6. The summed E-state index contributed by atoms with van der Waals surface area (Å²) in [6.45, 7) is 4.61. The quantitative estimate of drug-likeness (QED) is 0.466. The molecule has 3 heterocycles. The molecule has 1 aliphatic heterocycles. The van der Waals surface area contributed by atoms with E-state index in [1.165, 1.54) is 18.9 Å². The Hall–Kier alpha value is -3.11. The molecule has 5 rings (SSSR count). The zero-order chi connectivity index (χ0) is 22.9. The van der Waals surface area contributed by atoms with Crippen molar-refractivity contribution < 1.29 is 9.50 Å². The topological polar surface area (TPSA) is 104 Å². The van der Waals surface area contributed by atoms with Gasteiger partial charge in [-0.15, -0.1) is 10.2 Å². The van der Waals surface area contributed by atoms with Crippen molar-refractivity contribution in [3.05, 3.63) is 47.9 Å². The van der Waals surface area contributed by atoms with Crippen molar-refractivity contribution in [2.24, 2.45) is 0 Å². The summed E-state index contributed by atoms with van der Waals surface area (Å²) in [5.41, 5.74) is 1.55. The average molecular weight is 453 g/mol. The number of benzene rings is 1. The van der Waals surface area contributed by atoms with Gasteiger partial charge in [0.15, 0.2) is 11.6 Å². The Morgan fingerprint density at radius 1 is 1.24 bits per heavy atom. The van der Waals surface area contributed by atoms with E-state index >= 15 is 0 Å². The van der Waals surface area contributed by atoms with Crippen LogP contribution in [0.15, 0.2) is 30.7 Å². The van der Waals surface area contributed by atoms with E-state index in [0.29, 0.717) is 24.1 Å². The molecular formula is C23H29FN8O. The van der Waals surface area contributed by atoms with E-state index < -0.39 is 12.0 Å². The number of halogens is 1. The molecule has 1 aromatic carbocycles. The number of hydrogen-bond donors (Lipinski definition) is 3. The van der Waals surface area contributed by atoms with E-state index in [1.807, 2.05) is 11.5 Å². The van der Waals surface area contributed by atoms with Crippen molar-refractivity contribution in [1.82, 2.24) is 30.0 Å². The largest absolute Gasteiger partial charge is 0.374 e. The van der Waals surface area contributed by atoms with Gasteiger partial charge >= 0.3 is 0 Å². The van der Waals surface area contributed by atoms with E-state index in [4.69, 9.17) is 4.98 Å². The van der Waals surface area contributed by atoms with Gasteiger partial charge in [-0.3, -0.25) is 9.88 Å². The lowest BCUT2D eigenvalue weighted by Gasteiger charge is -2.40. The number of aliphatic hydroxyl groups is 1. The monoisotopic (exact) mass is 452 g/mol. The summed E-state index contributed by atoms with van der Waals surface area (Å²) in [4.78, 5) is 11.7. The van der Waals surface area contributed by atoms with Gasteiger partial charge in [0.1, 0.15) is 24.1 Å². The van der Waals surface area contributed by atoms with Crippen molar-refractivity contribution in [3.63, 3.8) is 0 Å². The van der Waals surface area contributed by atoms with Gasteiger partial charge < -0.3 is 15.3 Å². The molecule has 0 amide bonds. The van der Waals surface area contributed by atoms with Crippen molar-refractivity contribution in [2.75, 3.05) is 16.8 Å². The number of rotatable bonds is 7. The molecule has 33 heavy (non-hydrogen) atoms. The van der Waals surface area contributed by atoms with Crippen LogP contribution in [0.2, 0.25) is 0 Å². The highest BCUT2D eigenvalue weighted by Crippen LogP contribution is 2.42. The molecule has 10 heteroatoms. The Bertz CT molecular complexity index is 1130. The maximum Gasteiger partial charge on any atom is 0.229 e. The number of hydrogen-bond acceptors (Lipinski definition) is 8. The maximum absolute atomic E-state index is 14.8. The number of aromatic nitrogens is 5. The minimum Gasteiger partial charge on any atom is -0.374 e. The van der Waals surface area contributed by atoms with Crippen molar-refractivity contribution in [3.8, 4) is 5.69 Å². The van der Waals surface area contributed by atoms with Crippen LogP contribution in [0.3, 0.4) is 0 Å². The molecule has 2 aromatic heterocycles. The predicted octanol–water partition coefficient (Wildman–Crippen LogP) is 3.75. The number of fused-ring (bicyclic) bond motifs is 3. The third-order valence-corrected chi connectivity index (χ3v) is 6.52. The molecule has 1 saturated carbocycles. The first-order chi connectivity index (χ1) is 16.1. The maximum atomic E-state index is 14.8. The van der Waals surface area contributed by atoms with Gasteiger partial charge in [0.2, 0.25) is 5.95 Å². The molecule has 9 nitrogen and oxygen atoms in total.